The predicted octanol–water partition coefficient (Wildman–Crippen LogP) is 3.03. The van der Waals surface area contributed by atoms with Crippen LogP contribution in [0.1, 0.15) is 52.9 Å². The minimum Gasteiger partial charge on any atom is -0.444 e. The van der Waals surface area contributed by atoms with E-state index in [4.69, 9.17) is 11.2 Å². The van der Waals surface area contributed by atoms with Gasteiger partial charge >= 0.3 is 6.09 Å². The molecule has 21 heavy (non-hydrogen) atoms. The molecule has 0 aromatic heterocycles. The zero-order valence-corrected chi connectivity index (χ0v) is 13.8. The minimum atomic E-state index is -0.409. The van der Waals surface area contributed by atoms with Gasteiger partial charge in [0.2, 0.25) is 0 Å². The van der Waals surface area contributed by atoms with Crippen molar-refractivity contribution in [2.24, 2.45) is 5.92 Å². The summed E-state index contributed by atoms with van der Waals surface area (Å²) in [7, 11) is 0. The van der Waals surface area contributed by atoms with E-state index in [1.807, 2.05) is 25.7 Å². The summed E-state index contributed by atoms with van der Waals surface area (Å²) in [6, 6.07) is 0. The van der Waals surface area contributed by atoms with Crippen molar-refractivity contribution >= 4 is 6.09 Å². The van der Waals surface area contributed by atoms with E-state index in [2.05, 4.69) is 11.2 Å². The van der Waals surface area contributed by atoms with Gasteiger partial charge in [-0.1, -0.05) is 0 Å². The Morgan fingerprint density at radius 2 is 2.00 bits per heavy atom. The highest BCUT2D eigenvalue weighted by Gasteiger charge is 2.26. The lowest BCUT2D eigenvalue weighted by atomic mass is 9.97. The molecule has 1 heterocycles. The van der Waals surface area contributed by atoms with Crippen molar-refractivity contribution in [2.75, 3.05) is 26.2 Å². The van der Waals surface area contributed by atoms with Gasteiger partial charge in [0, 0.05) is 19.5 Å². The fourth-order valence-corrected chi connectivity index (χ4v) is 2.43. The number of hydrogen-bond acceptors (Lipinski definition) is 3. The Hall–Kier alpha value is -1.21. The van der Waals surface area contributed by atoms with Gasteiger partial charge < -0.3 is 15.0 Å². The molecule has 1 saturated heterocycles. The van der Waals surface area contributed by atoms with Crippen LogP contribution in [0.5, 0.6) is 0 Å². The SMILES string of the molecule is C#CCCCCNCC1CCN(C(=O)OC(C)(C)C)CC1. The number of amides is 1. The Balaban J connectivity index is 2.12. The van der Waals surface area contributed by atoms with Crippen molar-refractivity contribution in [3.63, 3.8) is 0 Å². The maximum Gasteiger partial charge on any atom is 0.410 e. The van der Waals surface area contributed by atoms with E-state index in [0.29, 0.717) is 5.92 Å². The van der Waals surface area contributed by atoms with Crippen LogP contribution in [0.3, 0.4) is 0 Å². The van der Waals surface area contributed by atoms with Gasteiger partial charge in [0.1, 0.15) is 5.60 Å². The number of piperidine rings is 1. The third-order valence-electron chi connectivity index (χ3n) is 3.62. The first-order valence-corrected chi connectivity index (χ1v) is 8.04. The van der Waals surface area contributed by atoms with Crippen molar-refractivity contribution in [3.05, 3.63) is 0 Å². The summed E-state index contributed by atoms with van der Waals surface area (Å²) < 4.78 is 5.40. The molecule has 1 fully saturated rings. The number of rotatable bonds is 6. The maximum atomic E-state index is 12.0. The summed E-state index contributed by atoms with van der Waals surface area (Å²) in [5.41, 5.74) is -0.409. The highest BCUT2D eigenvalue weighted by molar-refractivity contribution is 5.68. The molecular formula is C17H30N2O2. The van der Waals surface area contributed by atoms with E-state index in [1.54, 1.807) is 0 Å². The molecule has 0 spiro atoms. The molecule has 1 aliphatic heterocycles. The number of carbonyl (C=O) groups is 1. The third kappa shape index (κ3) is 7.96. The summed E-state index contributed by atoms with van der Waals surface area (Å²) in [5, 5.41) is 3.49. The van der Waals surface area contributed by atoms with Crippen LogP contribution in [-0.2, 0) is 4.74 Å². The molecule has 1 aliphatic rings. The predicted molar refractivity (Wildman–Crippen MR) is 86.1 cm³/mol. The molecule has 0 atom stereocenters. The number of nitrogens with one attached hydrogen (secondary N) is 1. The van der Waals surface area contributed by atoms with Gasteiger partial charge in [-0.2, -0.15) is 0 Å². The zero-order valence-electron chi connectivity index (χ0n) is 13.8. The molecule has 0 saturated carbocycles. The lowest BCUT2D eigenvalue weighted by molar-refractivity contribution is 0.0184. The second-order valence-electron chi connectivity index (χ2n) is 6.78. The van der Waals surface area contributed by atoms with E-state index >= 15 is 0 Å². The summed E-state index contributed by atoms with van der Waals surface area (Å²) in [4.78, 5) is 13.8. The molecule has 1 rings (SSSR count). The number of hydrogen-bond donors (Lipinski definition) is 1. The molecule has 0 aromatic rings. The fourth-order valence-electron chi connectivity index (χ4n) is 2.43. The van der Waals surface area contributed by atoms with Gasteiger partial charge in [-0.05, 0) is 65.5 Å². The highest BCUT2D eigenvalue weighted by Crippen LogP contribution is 2.19. The van der Waals surface area contributed by atoms with Crippen LogP contribution >= 0.6 is 0 Å². The minimum absolute atomic E-state index is 0.178. The molecular weight excluding hydrogens is 264 g/mol. The number of likely N-dealkylation sites (tertiary alicyclic amines) is 1. The van der Waals surface area contributed by atoms with E-state index < -0.39 is 5.60 Å². The average Bonchev–Trinajstić information content (AvgIpc) is 2.41. The first kappa shape index (κ1) is 17.8. The number of ether oxygens (including phenoxy) is 1. The van der Waals surface area contributed by atoms with Crippen molar-refractivity contribution in [3.8, 4) is 12.3 Å². The van der Waals surface area contributed by atoms with Gasteiger partial charge in [0.05, 0.1) is 0 Å². The molecule has 0 aliphatic carbocycles. The van der Waals surface area contributed by atoms with E-state index in [9.17, 15) is 4.79 Å². The zero-order chi connectivity index (χ0) is 15.7. The second-order valence-corrected chi connectivity index (χ2v) is 6.78. The largest absolute Gasteiger partial charge is 0.444 e. The Morgan fingerprint density at radius 1 is 1.33 bits per heavy atom. The van der Waals surface area contributed by atoms with Gasteiger partial charge in [-0.15, -0.1) is 12.3 Å². The first-order chi connectivity index (χ1) is 9.92. The van der Waals surface area contributed by atoms with Gasteiger partial charge in [-0.3, -0.25) is 0 Å². The Kier molecular flexibility index (Phi) is 7.60. The molecule has 4 nitrogen and oxygen atoms in total. The summed E-state index contributed by atoms with van der Waals surface area (Å²) in [6.07, 6.45) is 10.3. The quantitative estimate of drug-likeness (QED) is 0.605. The average molecular weight is 294 g/mol. The van der Waals surface area contributed by atoms with Crippen LogP contribution in [0.2, 0.25) is 0 Å². The Bertz CT molecular complexity index is 347. The van der Waals surface area contributed by atoms with Gasteiger partial charge in [-0.25, -0.2) is 4.79 Å². The number of carbonyl (C=O) groups excluding carboxylic acids is 1. The van der Waals surface area contributed by atoms with Crippen LogP contribution in [0.4, 0.5) is 4.79 Å². The normalized spacial score (nSPS) is 16.6. The second kappa shape index (κ2) is 8.94. The standard InChI is InChI=1S/C17H30N2O2/c1-5-6-7-8-11-18-14-15-9-12-19(13-10-15)16(20)21-17(2,3)4/h1,15,18H,6-14H2,2-4H3. The number of nitrogens with zero attached hydrogens (tertiary/aromatic N) is 1. The summed E-state index contributed by atoms with van der Waals surface area (Å²) in [5.74, 6) is 3.33. The van der Waals surface area contributed by atoms with Crippen LogP contribution in [0, 0.1) is 18.3 Å². The topological polar surface area (TPSA) is 41.6 Å². The number of terminal acetylenes is 1. The maximum absolute atomic E-state index is 12.0. The molecule has 0 bridgehead atoms. The van der Waals surface area contributed by atoms with Crippen molar-refractivity contribution in [1.29, 1.82) is 0 Å². The lowest BCUT2D eigenvalue weighted by Crippen LogP contribution is -2.43. The summed E-state index contributed by atoms with van der Waals surface area (Å²) in [6.45, 7) is 9.40. The fraction of sp³-hybridized carbons (Fsp3) is 0.824. The van der Waals surface area contributed by atoms with Crippen LogP contribution < -0.4 is 5.32 Å². The van der Waals surface area contributed by atoms with Crippen molar-refractivity contribution in [2.45, 2.75) is 58.5 Å². The van der Waals surface area contributed by atoms with E-state index in [0.717, 1.165) is 58.3 Å². The van der Waals surface area contributed by atoms with Crippen LogP contribution in [0.15, 0.2) is 0 Å². The van der Waals surface area contributed by atoms with Crippen molar-refractivity contribution < 1.29 is 9.53 Å². The third-order valence-corrected chi connectivity index (χ3v) is 3.62. The molecule has 4 heteroatoms. The molecule has 1 amide bonds. The smallest absolute Gasteiger partial charge is 0.410 e. The molecule has 0 aromatic carbocycles. The molecule has 1 N–H and O–H groups in total. The Labute approximate surface area is 129 Å². The Morgan fingerprint density at radius 3 is 2.57 bits per heavy atom. The molecule has 0 radical (unpaired) electrons. The lowest BCUT2D eigenvalue weighted by Gasteiger charge is -2.33. The van der Waals surface area contributed by atoms with E-state index in [1.165, 1.54) is 0 Å². The number of unbranched alkanes of at least 4 members (excludes halogenated alkanes) is 2. The van der Waals surface area contributed by atoms with Crippen LogP contribution in [0.25, 0.3) is 0 Å². The first-order valence-electron chi connectivity index (χ1n) is 8.04. The highest BCUT2D eigenvalue weighted by atomic mass is 16.6. The monoisotopic (exact) mass is 294 g/mol. The molecule has 0 unspecified atom stereocenters. The van der Waals surface area contributed by atoms with Crippen molar-refractivity contribution in [1.82, 2.24) is 10.2 Å². The van der Waals surface area contributed by atoms with Gasteiger partial charge in [0.25, 0.3) is 0 Å². The van der Waals surface area contributed by atoms with Crippen LogP contribution in [-0.4, -0.2) is 42.8 Å². The molecule has 120 valence electrons. The van der Waals surface area contributed by atoms with E-state index in [-0.39, 0.29) is 6.09 Å². The summed E-state index contributed by atoms with van der Waals surface area (Å²) >= 11 is 0. The van der Waals surface area contributed by atoms with Gasteiger partial charge in [0.15, 0.2) is 0 Å².